The molecule has 18 heavy (non-hydrogen) atoms. The minimum Gasteiger partial charge on any atom is -0.303 e. The van der Waals surface area contributed by atoms with Gasteiger partial charge in [-0.2, -0.15) is 0 Å². The summed E-state index contributed by atoms with van der Waals surface area (Å²) in [6.45, 7) is 6.23. The number of fused-ring (bicyclic) bond motifs is 2. The summed E-state index contributed by atoms with van der Waals surface area (Å²) in [4.78, 5) is 20.8. The van der Waals surface area contributed by atoms with E-state index >= 15 is 0 Å². The third-order valence-electron chi connectivity index (χ3n) is 4.16. The first-order chi connectivity index (χ1) is 8.55. The highest BCUT2D eigenvalue weighted by Gasteiger charge is 2.46. The molecule has 1 aromatic carbocycles. The number of nitrogens with zero attached hydrogens (tertiary/aromatic N) is 2. The van der Waals surface area contributed by atoms with Crippen molar-refractivity contribution in [2.75, 3.05) is 0 Å². The van der Waals surface area contributed by atoms with Gasteiger partial charge in [0.05, 0.1) is 22.4 Å². The third kappa shape index (κ3) is 1.33. The number of hydrogen-bond acceptors (Lipinski definition) is 3. The Balaban J connectivity index is 2.32. The van der Waals surface area contributed by atoms with Crippen LogP contribution in [0, 0.1) is 5.92 Å². The lowest BCUT2D eigenvalue weighted by atomic mass is 9.79. The molecular formula is C15H16N2O. The van der Waals surface area contributed by atoms with E-state index in [-0.39, 0.29) is 17.3 Å². The first-order valence-electron chi connectivity index (χ1n) is 6.28. The zero-order valence-corrected chi connectivity index (χ0v) is 10.8. The predicted molar refractivity (Wildman–Crippen MR) is 70.5 cm³/mol. The molecule has 3 heteroatoms. The lowest BCUT2D eigenvalue weighted by Gasteiger charge is -2.24. The van der Waals surface area contributed by atoms with Gasteiger partial charge in [-0.25, -0.2) is 9.97 Å². The van der Waals surface area contributed by atoms with Crippen LogP contribution in [0.4, 0.5) is 0 Å². The van der Waals surface area contributed by atoms with Gasteiger partial charge in [-0.3, -0.25) is 0 Å². The van der Waals surface area contributed by atoms with Crippen LogP contribution in [0.15, 0.2) is 24.3 Å². The molecule has 0 saturated heterocycles. The van der Waals surface area contributed by atoms with Gasteiger partial charge in [0.1, 0.15) is 6.29 Å². The van der Waals surface area contributed by atoms with Gasteiger partial charge in [0.2, 0.25) is 0 Å². The van der Waals surface area contributed by atoms with Crippen molar-refractivity contribution in [3.05, 3.63) is 35.7 Å². The molecule has 92 valence electrons. The van der Waals surface area contributed by atoms with E-state index in [1.54, 1.807) is 0 Å². The molecule has 2 aromatic rings. The van der Waals surface area contributed by atoms with Crippen LogP contribution in [-0.4, -0.2) is 16.3 Å². The van der Waals surface area contributed by atoms with Crippen molar-refractivity contribution in [3.8, 4) is 0 Å². The van der Waals surface area contributed by atoms with Crippen molar-refractivity contribution >= 4 is 17.3 Å². The summed E-state index contributed by atoms with van der Waals surface area (Å²) in [5.41, 5.74) is 3.54. The third-order valence-corrected chi connectivity index (χ3v) is 4.16. The number of aromatic nitrogens is 2. The maximum absolute atomic E-state index is 11.3. The fourth-order valence-corrected chi connectivity index (χ4v) is 3.05. The molecule has 1 aliphatic carbocycles. The van der Waals surface area contributed by atoms with Crippen molar-refractivity contribution in [2.24, 2.45) is 5.92 Å². The summed E-state index contributed by atoms with van der Waals surface area (Å²) in [7, 11) is 0. The van der Waals surface area contributed by atoms with Crippen molar-refractivity contribution in [1.82, 2.24) is 9.97 Å². The molecule has 0 N–H and O–H groups in total. The van der Waals surface area contributed by atoms with Gasteiger partial charge in [0, 0.05) is 17.3 Å². The zero-order valence-electron chi connectivity index (χ0n) is 10.8. The SMILES string of the molecule is CC1c2nc3ccccc3nc2C(C)(C)C1C=O. The standard InChI is InChI=1S/C15H16N2O/c1-9-10(8-18)15(2,3)14-13(9)16-11-6-4-5-7-12(11)17-14/h4-10H,1-3H3. The van der Waals surface area contributed by atoms with Crippen molar-refractivity contribution < 1.29 is 4.79 Å². The Morgan fingerprint density at radius 3 is 2.39 bits per heavy atom. The molecule has 1 aliphatic rings. The second kappa shape index (κ2) is 3.61. The van der Waals surface area contributed by atoms with Crippen LogP contribution in [0.2, 0.25) is 0 Å². The summed E-state index contributed by atoms with van der Waals surface area (Å²) in [5.74, 6) is 0.105. The fourth-order valence-electron chi connectivity index (χ4n) is 3.05. The van der Waals surface area contributed by atoms with Gasteiger partial charge in [0.15, 0.2) is 0 Å². The Morgan fingerprint density at radius 2 is 1.78 bits per heavy atom. The molecule has 1 heterocycles. The number of carbonyl (C=O) groups is 1. The lowest BCUT2D eigenvalue weighted by Crippen LogP contribution is -2.27. The van der Waals surface area contributed by atoms with Crippen molar-refractivity contribution in [1.29, 1.82) is 0 Å². The smallest absolute Gasteiger partial charge is 0.124 e. The number of rotatable bonds is 1. The molecule has 3 nitrogen and oxygen atoms in total. The molecule has 0 bridgehead atoms. The van der Waals surface area contributed by atoms with Crippen LogP contribution in [0.5, 0.6) is 0 Å². The summed E-state index contributed by atoms with van der Waals surface area (Å²) < 4.78 is 0. The van der Waals surface area contributed by atoms with Crippen LogP contribution >= 0.6 is 0 Å². The fraction of sp³-hybridized carbons (Fsp3) is 0.400. The van der Waals surface area contributed by atoms with Gasteiger partial charge in [0.25, 0.3) is 0 Å². The summed E-state index contributed by atoms with van der Waals surface area (Å²) in [6, 6.07) is 7.87. The van der Waals surface area contributed by atoms with E-state index in [1.165, 1.54) is 0 Å². The Kier molecular flexibility index (Phi) is 2.27. The first-order valence-corrected chi connectivity index (χ1v) is 6.28. The maximum atomic E-state index is 11.3. The Morgan fingerprint density at radius 1 is 1.17 bits per heavy atom. The van der Waals surface area contributed by atoms with Crippen molar-refractivity contribution in [3.63, 3.8) is 0 Å². The Bertz CT molecular complexity index is 633. The molecule has 3 rings (SSSR count). The number of carbonyl (C=O) groups excluding carboxylic acids is 1. The molecule has 0 amide bonds. The normalized spacial score (nSPS) is 25.1. The lowest BCUT2D eigenvalue weighted by molar-refractivity contribution is -0.112. The molecule has 0 aliphatic heterocycles. The zero-order chi connectivity index (χ0) is 12.9. The number of para-hydroxylation sites is 2. The van der Waals surface area contributed by atoms with E-state index in [4.69, 9.17) is 9.97 Å². The minimum atomic E-state index is -0.229. The highest BCUT2D eigenvalue weighted by atomic mass is 16.1. The molecule has 2 atom stereocenters. The van der Waals surface area contributed by atoms with E-state index in [1.807, 2.05) is 24.3 Å². The second-order valence-corrected chi connectivity index (χ2v) is 5.62. The largest absolute Gasteiger partial charge is 0.303 e. The van der Waals surface area contributed by atoms with Gasteiger partial charge in [-0.1, -0.05) is 32.9 Å². The number of aldehydes is 1. The molecule has 2 unspecified atom stereocenters. The highest BCUT2D eigenvalue weighted by Crippen LogP contribution is 2.47. The Hall–Kier alpha value is -1.77. The van der Waals surface area contributed by atoms with E-state index in [9.17, 15) is 4.79 Å². The quantitative estimate of drug-likeness (QED) is 0.720. The summed E-state index contributed by atoms with van der Waals surface area (Å²) in [6.07, 6.45) is 1.05. The van der Waals surface area contributed by atoms with E-state index in [0.29, 0.717) is 0 Å². The maximum Gasteiger partial charge on any atom is 0.124 e. The summed E-state index contributed by atoms with van der Waals surface area (Å²) in [5, 5.41) is 0. The van der Waals surface area contributed by atoms with Gasteiger partial charge < -0.3 is 4.79 Å². The summed E-state index contributed by atoms with van der Waals surface area (Å²) >= 11 is 0. The van der Waals surface area contributed by atoms with E-state index in [2.05, 4.69) is 20.8 Å². The van der Waals surface area contributed by atoms with Gasteiger partial charge in [-0.05, 0) is 12.1 Å². The van der Waals surface area contributed by atoms with Crippen LogP contribution in [0.1, 0.15) is 38.1 Å². The molecule has 0 spiro atoms. The van der Waals surface area contributed by atoms with Gasteiger partial charge in [-0.15, -0.1) is 0 Å². The van der Waals surface area contributed by atoms with Crippen molar-refractivity contribution in [2.45, 2.75) is 32.1 Å². The first kappa shape index (κ1) is 11.3. The molecule has 0 fully saturated rings. The van der Waals surface area contributed by atoms with Crippen LogP contribution in [-0.2, 0) is 10.2 Å². The number of benzene rings is 1. The minimum absolute atomic E-state index is 0.0377. The average Bonchev–Trinajstić information content (AvgIpc) is 2.55. The molecule has 0 saturated carbocycles. The van der Waals surface area contributed by atoms with Crippen LogP contribution < -0.4 is 0 Å². The van der Waals surface area contributed by atoms with E-state index in [0.717, 1.165) is 28.7 Å². The Labute approximate surface area is 106 Å². The molecular weight excluding hydrogens is 224 g/mol. The number of hydrogen-bond donors (Lipinski definition) is 0. The monoisotopic (exact) mass is 240 g/mol. The van der Waals surface area contributed by atoms with Gasteiger partial charge >= 0.3 is 0 Å². The highest BCUT2D eigenvalue weighted by molar-refractivity contribution is 5.75. The average molecular weight is 240 g/mol. The van der Waals surface area contributed by atoms with Crippen LogP contribution in [0.25, 0.3) is 11.0 Å². The van der Waals surface area contributed by atoms with Crippen LogP contribution in [0.3, 0.4) is 0 Å². The molecule has 1 aromatic heterocycles. The predicted octanol–water partition coefficient (Wildman–Crippen LogP) is 2.84. The second-order valence-electron chi connectivity index (χ2n) is 5.62. The molecule has 0 radical (unpaired) electrons. The van der Waals surface area contributed by atoms with E-state index < -0.39 is 0 Å². The topological polar surface area (TPSA) is 42.9 Å².